The number of hydrogen-bond donors (Lipinski definition) is 4. The van der Waals surface area contributed by atoms with E-state index < -0.39 is 23.9 Å². The van der Waals surface area contributed by atoms with Gasteiger partial charge in [-0.1, -0.05) is 50.6 Å². The van der Waals surface area contributed by atoms with Gasteiger partial charge in [-0.15, -0.1) is 0 Å². The molecule has 20 nitrogen and oxygen atoms in total. The Bertz CT molecular complexity index is 4880. The minimum atomic E-state index is -0.408. The molecule has 0 saturated carbocycles. The SMILES string of the molecule is C=CCOC(=O)CCc1c2nc(c(C#CC#Cc3c4nc(c(CCC(=O)OCC=C)c5ccc([nH]5)c(-n5ccnc5)c5ccc([nH]5)c(CCC(=O)OCC=C)c5nc3C=C5)C=C4)c3ccc([nH]3)c(CCC(=O)OCC=C)c3ccc([nH]3)c(-n3ccnc3)c3nc1C=C3)C=C2. The molecule has 0 aromatic carbocycles. The Hall–Kier alpha value is -12.4. The summed E-state index contributed by atoms with van der Waals surface area (Å²) in [6.07, 6.45) is 32.9. The zero-order chi connectivity index (χ0) is 64.9. The highest BCUT2D eigenvalue weighted by Crippen LogP contribution is 2.33. The van der Waals surface area contributed by atoms with Crippen molar-refractivity contribution in [1.82, 2.24) is 59.0 Å². The van der Waals surface area contributed by atoms with Crippen molar-refractivity contribution in [2.75, 3.05) is 26.4 Å². The van der Waals surface area contributed by atoms with Crippen LogP contribution in [-0.4, -0.2) is 109 Å². The van der Waals surface area contributed by atoms with Crippen LogP contribution in [0.4, 0.5) is 0 Å². The number of aromatic nitrogens is 12. The summed E-state index contributed by atoms with van der Waals surface area (Å²) >= 11 is 0. The van der Waals surface area contributed by atoms with E-state index in [9.17, 15) is 19.2 Å². The monoisotopic (exact) mass is 1250 g/mol. The number of H-pyrrole nitrogens is 4. The van der Waals surface area contributed by atoms with Gasteiger partial charge in [0.25, 0.3) is 0 Å². The number of nitrogens with zero attached hydrogens (tertiary/aromatic N) is 8. The van der Waals surface area contributed by atoms with Gasteiger partial charge in [0.2, 0.25) is 0 Å². The molecule has 0 radical (unpaired) electrons. The zero-order valence-corrected chi connectivity index (χ0v) is 51.2. The van der Waals surface area contributed by atoms with E-state index in [4.69, 9.17) is 38.9 Å². The molecular weight excluding hydrogens is 1180 g/mol. The first-order valence-electron chi connectivity index (χ1n) is 30.4. The summed E-state index contributed by atoms with van der Waals surface area (Å²) in [5, 5.41) is 0. The largest absolute Gasteiger partial charge is 0.461 e. The molecule has 12 rings (SSSR count). The summed E-state index contributed by atoms with van der Waals surface area (Å²) < 4.78 is 25.5. The van der Waals surface area contributed by atoms with Crippen LogP contribution in [0.1, 0.15) is 105 Å². The third kappa shape index (κ3) is 13.8. The van der Waals surface area contributed by atoms with Gasteiger partial charge >= 0.3 is 23.9 Å². The molecule has 94 heavy (non-hydrogen) atoms. The average Bonchev–Trinajstić information content (AvgIpc) is 1.64. The Morgan fingerprint density at radius 3 is 1.14 bits per heavy atom. The van der Waals surface area contributed by atoms with E-state index in [0.717, 1.165) is 44.4 Å². The maximum atomic E-state index is 13.1. The molecule has 0 amide bonds. The molecule has 12 heterocycles. The van der Waals surface area contributed by atoms with Crippen molar-refractivity contribution in [3.63, 3.8) is 0 Å². The van der Waals surface area contributed by atoms with Crippen LogP contribution in [0.3, 0.4) is 0 Å². The summed E-state index contributed by atoms with van der Waals surface area (Å²) in [5.41, 5.74) is 15.4. The molecule has 20 heteroatoms. The van der Waals surface area contributed by atoms with E-state index in [1.807, 2.05) is 119 Å². The minimum Gasteiger partial charge on any atom is -0.461 e. The fourth-order valence-corrected chi connectivity index (χ4v) is 11.3. The fourth-order valence-electron chi connectivity index (χ4n) is 11.3. The van der Waals surface area contributed by atoms with Gasteiger partial charge in [-0.25, -0.2) is 29.9 Å². The van der Waals surface area contributed by atoms with Crippen LogP contribution in [0.2, 0.25) is 0 Å². The number of hydrogen-bond acceptors (Lipinski definition) is 14. The third-order valence-corrected chi connectivity index (χ3v) is 15.6. The lowest BCUT2D eigenvalue weighted by atomic mass is 10.1. The van der Waals surface area contributed by atoms with Crippen molar-refractivity contribution in [3.8, 4) is 35.1 Å². The quantitative estimate of drug-likeness (QED) is 0.0213. The lowest BCUT2D eigenvalue weighted by molar-refractivity contribution is -0.143. The van der Waals surface area contributed by atoms with Crippen molar-refractivity contribution in [3.05, 3.63) is 216 Å². The number of aromatic amines is 4. The second kappa shape index (κ2) is 28.6. The summed E-state index contributed by atoms with van der Waals surface area (Å²) in [7, 11) is 0. The molecule has 4 aliphatic heterocycles. The second-order valence-electron chi connectivity index (χ2n) is 21.7. The third-order valence-electron chi connectivity index (χ3n) is 15.6. The van der Waals surface area contributed by atoms with Gasteiger partial charge in [-0.2, -0.15) is 0 Å². The lowest BCUT2D eigenvalue weighted by Crippen LogP contribution is -2.07. The van der Waals surface area contributed by atoms with Gasteiger partial charge in [0.05, 0.1) is 103 Å². The van der Waals surface area contributed by atoms with Crippen molar-refractivity contribution in [2.24, 2.45) is 0 Å². The van der Waals surface area contributed by atoms with Gasteiger partial charge < -0.3 is 48.0 Å². The molecule has 16 bridgehead atoms. The van der Waals surface area contributed by atoms with Gasteiger partial charge in [-0.05, 0) is 152 Å². The smallest absolute Gasteiger partial charge is 0.306 e. The fraction of sp³-hybridized carbons (Fsp3) is 0.162. The first-order valence-corrected chi connectivity index (χ1v) is 30.4. The highest BCUT2D eigenvalue weighted by molar-refractivity contribution is 5.90. The van der Waals surface area contributed by atoms with E-state index in [2.05, 4.69) is 79.9 Å². The van der Waals surface area contributed by atoms with E-state index in [0.29, 0.717) is 90.0 Å². The molecule has 0 aliphatic carbocycles. The van der Waals surface area contributed by atoms with E-state index in [-0.39, 0.29) is 77.8 Å². The van der Waals surface area contributed by atoms with Gasteiger partial charge in [0.15, 0.2) is 0 Å². The van der Waals surface area contributed by atoms with Crippen molar-refractivity contribution < 1.29 is 38.1 Å². The molecule has 0 atom stereocenters. The number of nitrogens with one attached hydrogen (secondary N) is 4. The standard InChI is InChI=1S/C74H62N12O8/c1-5-41-91-69(87)33-13-49-57-21-17-53(77-57)47(54-18-22-58(78-54)50(14-34-70(88)92-42-6-2)62-26-30-66(82-62)73(85-39-37-75-45-85)65-29-25-61(49)81-65)11-9-10-12-48-55-19-23-59(79-55)51(15-35-71(89)93-43-7-3)63-27-31-67(83-63)74(86-40-38-76-46-86)68-32-28-64(84-68)52(60-24-20-56(48)80-60)16-36-72(90)94-44-8-4/h5-8,17-32,37-40,45-46,77,81,83-84H,1-4,13-16,33-36,41-44H2. The van der Waals surface area contributed by atoms with E-state index in [1.165, 1.54) is 24.3 Å². The van der Waals surface area contributed by atoms with Crippen LogP contribution in [0.25, 0.3) is 104 Å². The maximum Gasteiger partial charge on any atom is 0.306 e. The van der Waals surface area contributed by atoms with Crippen LogP contribution in [0.15, 0.2) is 137 Å². The van der Waals surface area contributed by atoms with Crippen LogP contribution in [0.5, 0.6) is 0 Å². The van der Waals surface area contributed by atoms with Crippen molar-refractivity contribution >= 4 is 117 Å². The molecule has 8 aromatic rings. The number of esters is 4. The summed E-state index contributed by atoms with van der Waals surface area (Å²) in [6, 6.07) is 15.6. The van der Waals surface area contributed by atoms with Gasteiger partial charge in [-0.3, -0.25) is 19.2 Å². The van der Waals surface area contributed by atoms with Crippen LogP contribution < -0.4 is 0 Å². The molecule has 0 unspecified atom stereocenters. The Labute approximate surface area is 539 Å². The van der Waals surface area contributed by atoms with Crippen LogP contribution >= 0.6 is 0 Å². The predicted octanol–water partition coefficient (Wildman–Crippen LogP) is 12.0. The molecular formula is C74H62N12O8. The predicted molar refractivity (Wildman–Crippen MR) is 364 cm³/mol. The van der Waals surface area contributed by atoms with Crippen molar-refractivity contribution in [1.29, 1.82) is 0 Å². The number of imidazole rings is 2. The molecule has 466 valence electrons. The lowest BCUT2D eigenvalue weighted by Gasteiger charge is -2.06. The molecule has 4 aliphatic rings. The number of aryl methyl sites for hydroxylation is 3. The first-order chi connectivity index (χ1) is 46.1. The highest BCUT2D eigenvalue weighted by atomic mass is 16.5. The summed E-state index contributed by atoms with van der Waals surface area (Å²) in [5.74, 6) is 11.4. The molecule has 0 saturated heterocycles. The van der Waals surface area contributed by atoms with Crippen LogP contribution in [0, 0.1) is 23.7 Å². The Morgan fingerprint density at radius 1 is 0.383 bits per heavy atom. The molecule has 8 aromatic heterocycles. The Morgan fingerprint density at radius 2 is 0.702 bits per heavy atom. The molecule has 0 fully saturated rings. The number of rotatable bonds is 22. The maximum absolute atomic E-state index is 13.1. The Balaban J connectivity index is 1.07. The normalized spacial score (nSPS) is 11.7. The van der Waals surface area contributed by atoms with Gasteiger partial charge in [0.1, 0.15) is 26.4 Å². The average molecular weight is 1250 g/mol. The van der Waals surface area contributed by atoms with E-state index >= 15 is 0 Å². The molecule has 4 N–H and O–H groups in total. The number of fused-ring (bicyclic) bond motifs is 16. The topological polar surface area (TPSA) is 256 Å². The van der Waals surface area contributed by atoms with Crippen LogP contribution in [-0.2, 0) is 63.8 Å². The minimum absolute atomic E-state index is 0.0378. The number of carbonyl (C=O) groups is 4. The van der Waals surface area contributed by atoms with E-state index in [1.54, 1.807) is 25.0 Å². The highest BCUT2D eigenvalue weighted by Gasteiger charge is 2.22. The number of carbonyl (C=O) groups excluding carboxylic acids is 4. The van der Waals surface area contributed by atoms with Crippen molar-refractivity contribution in [2.45, 2.75) is 51.4 Å². The number of ether oxygens (including phenoxy) is 4. The molecule has 0 spiro atoms. The second-order valence-corrected chi connectivity index (χ2v) is 21.7. The summed E-state index contributed by atoms with van der Waals surface area (Å²) in [4.78, 5) is 96.7. The zero-order valence-electron chi connectivity index (χ0n) is 51.2. The Kier molecular flexibility index (Phi) is 18.8. The first kappa shape index (κ1) is 61.8. The van der Waals surface area contributed by atoms with Gasteiger partial charge in [0, 0.05) is 89.2 Å². The summed E-state index contributed by atoms with van der Waals surface area (Å²) in [6.45, 7) is 15.1.